The standard InChI is InChI=1S/C15H25N3/c1-12(2)18-10-6-15(7-11-18)17-13(3)14-4-8-16-9-5-14/h4-5,8-9,12-13,15,17H,6-7,10-11H2,1-3H3/t13-/m0/s1. The van der Waals surface area contributed by atoms with Gasteiger partial charge in [0.15, 0.2) is 0 Å². The van der Waals surface area contributed by atoms with Gasteiger partial charge in [-0.1, -0.05) is 0 Å². The van der Waals surface area contributed by atoms with Crippen molar-refractivity contribution in [2.45, 2.75) is 51.7 Å². The molecule has 18 heavy (non-hydrogen) atoms. The highest BCUT2D eigenvalue weighted by Gasteiger charge is 2.21. The summed E-state index contributed by atoms with van der Waals surface area (Å²) in [5.74, 6) is 0. The first-order chi connectivity index (χ1) is 8.66. The Labute approximate surface area is 111 Å². The molecule has 0 amide bonds. The summed E-state index contributed by atoms with van der Waals surface area (Å²) in [5.41, 5.74) is 1.33. The second kappa shape index (κ2) is 6.30. The van der Waals surface area contributed by atoms with Crippen molar-refractivity contribution >= 4 is 0 Å². The van der Waals surface area contributed by atoms with Crippen molar-refractivity contribution in [2.24, 2.45) is 0 Å². The average molecular weight is 247 g/mol. The summed E-state index contributed by atoms with van der Waals surface area (Å²) in [7, 11) is 0. The van der Waals surface area contributed by atoms with Crippen LogP contribution in [0.3, 0.4) is 0 Å². The molecule has 3 heteroatoms. The zero-order valence-corrected chi connectivity index (χ0v) is 11.8. The molecule has 0 radical (unpaired) electrons. The first-order valence-electron chi connectivity index (χ1n) is 7.07. The highest BCUT2D eigenvalue weighted by Crippen LogP contribution is 2.17. The lowest BCUT2D eigenvalue weighted by atomic mass is 10.0. The molecule has 2 rings (SSSR count). The van der Waals surface area contributed by atoms with Crippen LogP contribution in [-0.2, 0) is 0 Å². The molecule has 0 unspecified atom stereocenters. The third-order valence-electron chi connectivity index (χ3n) is 3.95. The molecule has 1 aliphatic heterocycles. The third-order valence-corrected chi connectivity index (χ3v) is 3.95. The lowest BCUT2D eigenvalue weighted by molar-refractivity contribution is 0.157. The van der Waals surface area contributed by atoms with E-state index >= 15 is 0 Å². The van der Waals surface area contributed by atoms with Gasteiger partial charge in [0.05, 0.1) is 0 Å². The highest BCUT2D eigenvalue weighted by atomic mass is 15.2. The van der Waals surface area contributed by atoms with E-state index in [4.69, 9.17) is 0 Å². The van der Waals surface area contributed by atoms with E-state index in [1.54, 1.807) is 0 Å². The minimum absolute atomic E-state index is 0.420. The van der Waals surface area contributed by atoms with Gasteiger partial charge in [-0.15, -0.1) is 0 Å². The van der Waals surface area contributed by atoms with Gasteiger partial charge < -0.3 is 10.2 Å². The number of nitrogens with one attached hydrogen (secondary N) is 1. The Morgan fingerprint density at radius 2 is 1.78 bits per heavy atom. The van der Waals surface area contributed by atoms with Crippen LogP contribution < -0.4 is 5.32 Å². The van der Waals surface area contributed by atoms with E-state index in [0.717, 1.165) is 0 Å². The fraction of sp³-hybridized carbons (Fsp3) is 0.667. The molecule has 1 atom stereocenters. The van der Waals surface area contributed by atoms with Gasteiger partial charge in [0.1, 0.15) is 0 Å². The van der Waals surface area contributed by atoms with Gasteiger partial charge in [-0.3, -0.25) is 4.98 Å². The number of rotatable bonds is 4. The van der Waals surface area contributed by atoms with Crippen LogP contribution >= 0.6 is 0 Å². The van der Waals surface area contributed by atoms with Crippen LogP contribution in [0.2, 0.25) is 0 Å². The molecule has 1 N–H and O–H groups in total. The Balaban J connectivity index is 1.81. The summed E-state index contributed by atoms with van der Waals surface area (Å²) in [6, 6.07) is 5.96. The number of nitrogens with zero attached hydrogens (tertiary/aromatic N) is 2. The molecule has 1 aromatic heterocycles. The molecule has 3 nitrogen and oxygen atoms in total. The number of aromatic nitrogens is 1. The van der Waals surface area contributed by atoms with Crippen LogP contribution in [0.5, 0.6) is 0 Å². The summed E-state index contributed by atoms with van der Waals surface area (Å²) in [6.07, 6.45) is 6.25. The van der Waals surface area contributed by atoms with Crippen molar-refractivity contribution in [3.63, 3.8) is 0 Å². The fourth-order valence-electron chi connectivity index (χ4n) is 2.68. The second-order valence-corrected chi connectivity index (χ2v) is 5.57. The first kappa shape index (κ1) is 13.5. The third kappa shape index (κ3) is 3.53. The van der Waals surface area contributed by atoms with E-state index < -0.39 is 0 Å². The number of hydrogen-bond acceptors (Lipinski definition) is 3. The van der Waals surface area contributed by atoms with E-state index in [1.165, 1.54) is 31.5 Å². The molecule has 1 saturated heterocycles. The Hall–Kier alpha value is -0.930. The quantitative estimate of drug-likeness (QED) is 0.886. The Kier molecular flexibility index (Phi) is 4.72. The lowest BCUT2D eigenvalue weighted by Gasteiger charge is -2.36. The van der Waals surface area contributed by atoms with Gasteiger partial charge in [0.2, 0.25) is 0 Å². The topological polar surface area (TPSA) is 28.2 Å². The van der Waals surface area contributed by atoms with Crippen LogP contribution in [0.25, 0.3) is 0 Å². The Bertz CT molecular complexity index is 342. The molecule has 1 aromatic rings. The lowest BCUT2D eigenvalue weighted by Crippen LogP contribution is -2.45. The monoisotopic (exact) mass is 247 g/mol. The van der Waals surface area contributed by atoms with E-state index in [2.05, 4.69) is 48.1 Å². The molecule has 100 valence electrons. The minimum Gasteiger partial charge on any atom is -0.307 e. The number of pyridine rings is 1. The minimum atomic E-state index is 0.420. The fourth-order valence-corrected chi connectivity index (χ4v) is 2.68. The van der Waals surface area contributed by atoms with Gasteiger partial charge in [-0.25, -0.2) is 0 Å². The largest absolute Gasteiger partial charge is 0.307 e. The molecule has 1 aliphatic rings. The Morgan fingerprint density at radius 1 is 1.17 bits per heavy atom. The zero-order valence-electron chi connectivity index (χ0n) is 11.8. The maximum atomic E-state index is 4.07. The summed E-state index contributed by atoms with van der Waals surface area (Å²) >= 11 is 0. The number of likely N-dealkylation sites (tertiary alicyclic amines) is 1. The van der Waals surface area contributed by atoms with Crippen LogP contribution in [0.15, 0.2) is 24.5 Å². The predicted molar refractivity (Wildman–Crippen MR) is 75.5 cm³/mol. The van der Waals surface area contributed by atoms with Gasteiger partial charge in [-0.05, 0) is 64.4 Å². The summed E-state index contributed by atoms with van der Waals surface area (Å²) in [5, 5.41) is 3.74. The van der Waals surface area contributed by atoms with Crippen LogP contribution in [0.4, 0.5) is 0 Å². The summed E-state index contributed by atoms with van der Waals surface area (Å²) < 4.78 is 0. The van der Waals surface area contributed by atoms with Gasteiger partial charge >= 0.3 is 0 Å². The van der Waals surface area contributed by atoms with E-state index in [1.807, 2.05) is 12.4 Å². The molecular formula is C15H25N3. The van der Waals surface area contributed by atoms with Crippen molar-refractivity contribution in [1.82, 2.24) is 15.2 Å². The maximum absolute atomic E-state index is 4.07. The van der Waals surface area contributed by atoms with Gasteiger partial charge in [-0.2, -0.15) is 0 Å². The Morgan fingerprint density at radius 3 is 2.33 bits per heavy atom. The number of hydrogen-bond donors (Lipinski definition) is 1. The summed E-state index contributed by atoms with van der Waals surface area (Å²) in [4.78, 5) is 6.63. The molecule has 1 fully saturated rings. The van der Waals surface area contributed by atoms with Crippen molar-refractivity contribution in [3.05, 3.63) is 30.1 Å². The normalized spacial score (nSPS) is 20.2. The zero-order chi connectivity index (χ0) is 13.0. The molecule has 0 bridgehead atoms. The number of piperidine rings is 1. The van der Waals surface area contributed by atoms with Gasteiger partial charge in [0, 0.05) is 30.5 Å². The molecule has 0 aromatic carbocycles. The molecule has 0 saturated carbocycles. The van der Waals surface area contributed by atoms with Crippen LogP contribution in [0.1, 0.15) is 45.2 Å². The molecule has 0 aliphatic carbocycles. The smallest absolute Gasteiger partial charge is 0.0295 e. The van der Waals surface area contributed by atoms with Crippen molar-refractivity contribution < 1.29 is 0 Å². The summed E-state index contributed by atoms with van der Waals surface area (Å²) in [6.45, 7) is 9.25. The maximum Gasteiger partial charge on any atom is 0.0295 e. The SMILES string of the molecule is CC(C)N1CCC(N[C@@H](C)c2ccncc2)CC1. The second-order valence-electron chi connectivity index (χ2n) is 5.57. The van der Waals surface area contributed by atoms with Crippen LogP contribution in [0, 0.1) is 0 Å². The first-order valence-corrected chi connectivity index (χ1v) is 7.07. The van der Waals surface area contributed by atoms with Crippen molar-refractivity contribution in [3.8, 4) is 0 Å². The van der Waals surface area contributed by atoms with Crippen molar-refractivity contribution in [2.75, 3.05) is 13.1 Å². The highest BCUT2D eigenvalue weighted by molar-refractivity contribution is 5.14. The van der Waals surface area contributed by atoms with E-state index in [-0.39, 0.29) is 0 Å². The molecule has 0 spiro atoms. The van der Waals surface area contributed by atoms with E-state index in [0.29, 0.717) is 18.1 Å². The van der Waals surface area contributed by atoms with E-state index in [9.17, 15) is 0 Å². The van der Waals surface area contributed by atoms with Gasteiger partial charge in [0.25, 0.3) is 0 Å². The molecular weight excluding hydrogens is 222 g/mol. The predicted octanol–water partition coefficient (Wildman–Crippen LogP) is 2.61. The van der Waals surface area contributed by atoms with Crippen molar-refractivity contribution in [1.29, 1.82) is 0 Å². The average Bonchev–Trinajstić information content (AvgIpc) is 2.40. The molecule has 2 heterocycles. The van der Waals surface area contributed by atoms with Crippen LogP contribution in [-0.4, -0.2) is 35.1 Å².